The van der Waals surface area contributed by atoms with E-state index >= 15 is 0 Å². The van der Waals surface area contributed by atoms with Crippen LogP contribution in [0, 0.1) is 0 Å². The van der Waals surface area contributed by atoms with E-state index < -0.39 is 0 Å². The molecule has 3 aromatic rings. The second kappa shape index (κ2) is 7.66. The lowest BCUT2D eigenvalue weighted by Crippen LogP contribution is -2.35. The molecule has 5 rings (SSSR count). The number of hydrogen-bond donors (Lipinski definition) is 2. The van der Waals surface area contributed by atoms with Crippen LogP contribution in [-0.2, 0) is 16.1 Å². The van der Waals surface area contributed by atoms with Crippen molar-refractivity contribution in [2.75, 3.05) is 36.9 Å². The van der Waals surface area contributed by atoms with Gasteiger partial charge < -0.3 is 15.4 Å². The van der Waals surface area contributed by atoms with E-state index in [1.54, 1.807) is 12.4 Å². The fourth-order valence-electron chi connectivity index (χ4n) is 3.87. The number of nitrogens with zero attached hydrogens (tertiary/aromatic N) is 2. The molecule has 1 amide bonds. The third kappa shape index (κ3) is 3.60. The van der Waals surface area contributed by atoms with Gasteiger partial charge in [-0.2, -0.15) is 0 Å². The van der Waals surface area contributed by atoms with Crippen LogP contribution in [0.4, 0.5) is 11.4 Å². The number of fused-ring (bicyclic) bond motifs is 3. The maximum Gasteiger partial charge on any atom is 0.257 e. The summed E-state index contributed by atoms with van der Waals surface area (Å²) in [6.45, 7) is 4.49. The van der Waals surface area contributed by atoms with Crippen LogP contribution in [0.25, 0.3) is 16.5 Å². The molecule has 0 atom stereocenters. The molecule has 2 N–H and O–H groups in total. The highest BCUT2D eigenvalue weighted by Crippen LogP contribution is 2.37. The SMILES string of the molecule is O=C1Nc2ccc3ncccc3c2C1=CNc1ccc(CN2CCOCC2)cc1. The molecule has 29 heavy (non-hydrogen) atoms. The van der Waals surface area contributed by atoms with Gasteiger partial charge >= 0.3 is 0 Å². The molecule has 0 aliphatic carbocycles. The Bertz CT molecular complexity index is 1090. The quantitative estimate of drug-likeness (QED) is 0.672. The molecule has 6 nitrogen and oxygen atoms in total. The summed E-state index contributed by atoms with van der Waals surface area (Å²) in [6, 6.07) is 16.1. The topological polar surface area (TPSA) is 66.5 Å². The van der Waals surface area contributed by atoms with Gasteiger partial charge in [-0.3, -0.25) is 14.7 Å². The Morgan fingerprint density at radius 2 is 1.93 bits per heavy atom. The summed E-state index contributed by atoms with van der Waals surface area (Å²) in [5.74, 6) is -0.104. The standard InChI is InChI=1S/C23H22N4O2/c28-23-19(22-18-2-1-9-24-20(18)7-8-21(22)26-23)14-25-17-5-3-16(4-6-17)15-27-10-12-29-13-11-27/h1-9,14,25H,10-13,15H2,(H,26,28). The molecule has 1 aromatic heterocycles. The third-order valence-electron chi connectivity index (χ3n) is 5.39. The highest BCUT2D eigenvalue weighted by atomic mass is 16.5. The van der Waals surface area contributed by atoms with Gasteiger partial charge in [0.15, 0.2) is 0 Å². The van der Waals surface area contributed by atoms with Crippen LogP contribution in [0.2, 0.25) is 0 Å². The van der Waals surface area contributed by atoms with E-state index in [4.69, 9.17) is 4.74 Å². The fraction of sp³-hybridized carbons (Fsp3) is 0.217. The number of benzene rings is 2. The molecule has 2 aliphatic heterocycles. The van der Waals surface area contributed by atoms with Crippen molar-refractivity contribution in [2.45, 2.75) is 6.54 Å². The molecule has 6 heteroatoms. The van der Waals surface area contributed by atoms with Crippen molar-refractivity contribution in [3.63, 3.8) is 0 Å². The Morgan fingerprint density at radius 3 is 2.76 bits per heavy atom. The maximum absolute atomic E-state index is 12.5. The molecule has 0 unspecified atom stereocenters. The minimum absolute atomic E-state index is 0.104. The van der Waals surface area contributed by atoms with E-state index in [0.29, 0.717) is 5.57 Å². The second-order valence-corrected chi connectivity index (χ2v) is 7.30. The van der Waals surface area contributed by atoms with Crippen LogP contribution >= 0.6 is 0 Å². The van der Waals surface area contributed by atoms with Gasteiger partial charge in [0.2, 0.25) is 0 Å². The molecule has 0 saturated carbocycles. The van der Waals surface area contributed by atoms with Crippen LogP contribution in [0.3, 0.4) is 0 Å². The molecular weight excluding hydrogens is 364 g/mol. The van der Waals surface area contributed by atoms with Gasteiger partial charge in [0, 0.05) is 54.4 Å². The van der Waals surface area contributed by atoms with Crippen molar-refractivity contribution in [3.05, 3.63) is 72.1 Å². The van der Waals surface area contributed by atoms with Gasteiger partial charge in [0.05, 0.1) is 24.3 Å². The summed E-state index contributed by atoms with van der Waals surface area (Å²) in [5.41, 5.74) is 5.44. The van der Waals surface area contributed by atoms with Gasteiger partial charge in [0.25, 0.3) is 5.91 Å². The third-order valence-corrected chi connectivity index (χ3v) is 5.39. The Hall–Kier alpha value is -3.22. The molecular formula is C23H22N4O2. The second-order valence-electron chi connectivity index (χ2n) is 7.30. The largest absolute Gasteiger partial charge is 0.379 e. The van der Waals surface area contributed by atoms with E-state index in [1.807, 2.05) is 36.4 Å². The zero-order valence-corrected chi connectivity index (χ0v) is 16.0. The molecule has 1 saturated heterocycles. The zero-order valence-electron chi connectivity index (χ0n) is 16.0. The summed E-state index contributed by atoms with van der Waals surface area (Å²) < 4.78 is 5.40. The summed E-state index contributed by atoms with van der Waals surface area (Å²) in [4.78, 5) is 19.3. The lowest BCUT2D eigenvalue weighted by atomic mass is 10.0. The number of hydrogen-bond acceptors (Lipinski definition) is 5. The lowest BCUT2D eigenvalue weighted by Gasteiger charge is -2.26. The van der Waals surface area contributed by atoms with Crippen molar-refractivity contribution < 1.29 is 9.53 Å². The number of anilines is 2. The first-order chi connectivity index (χ1) is 14.3. The van der Waals surface area contributed by atoms with Gasteiger partial charge in [-0.05, 0) is 35.9 Å². The highest BCUT2D eigenvalue weighted by Gasteiger charge is 2.26. The summed E-state index contributed by atoms with van der Waals surface area (Å²) in [6.07, 6.45) is 3.55. The van der Waals surface area contributed by atoms with Crippen molar-refractivity contribution >= 4 is 33.8 Å². The van der Waals surface area contributed by atoms with Gasteiger partial charge in [-0.1, -0.05) is 18.2 Å². The Morgan fingerprint density at radius 1 is 1.10 bits per heavy atom. The van der Waals surface area contributed by atoms with Crippen LogP contribution in [-0.4, -0.2) is 42.1 Å². The summed E-state index contributed by atoms with van der Waals surface area (Å²) in [5, 5.41) is 7.19. The average Bonchev–Trinajstić information content (AvgIpc) is 3.09. The Balaban J connectivity index is 1.35. The molecule has 0 bridgehead atoms. The number of rotatable bonds is 4. The van der Waals surface area contributed by atoms with E-state index in [1.165, 1.54) is 5.56 Å². The lowest BCUT2D eigenvalue weighted by molar-refractivity contribution is -0.110. The van der Waals surface area contributed by atoms with Crippen molar-refractivity contribution in [3.8, 4) is 0 Å². The number of ether oxygens (including phenoxy) is 1. The maximum atomic E-state index is 12.5. The minimum Gasteiger partial charge on any atom is -0.379 e. The van der Waals surface area contributed by atoms with Crippen molar-refractivity contribution in [1.82, 2.24) is 9.88 Å². The smallest absolute Gasteiger partial charge is 0.257 e. The summed E-state index contributed by atoms with van der Waals surface area (Å²) >= 11 is 0. The monoisotopic (exact) mass is 386 g/mol. The predicted molar refractivity (Wildman–Crippen MR) is 115 cm³/mol. The van der Waals surface area contributed by atoms with Gasteiger partial charge in [0.1, 0.15) is 0 Å². The number of amides is 1. The first-order valence-electron chi connectivity index (χ1n) is 9.83. The minimum atomic E-state index is -0.104. The number of pyridine rings is 1. The molecule has 1 fully saturated rings. The molecule has 0 radical (unpaired) electrons. The van der Waals surface area contributed by atoms with E-state index in [2.05, 4.69) is 32.7 Å². The van der Waals surface area contributed by atoms with E-state index in [9.17, 15) is 4.79 Å². The van der Waals surface area contributed by atoms with E-state index in [-0.39, 0.29) is 5.91 Å². The van der Waals surface area contributed by atoms with Crippen LogP contribution in [0.5, 0.6) is 0 Å². The number of aromatic nitrogens is 1. The van der Waals surface area contributed by atoms with E-state index in [0.717, 1.165) is 60.7 Å². The van der Waals surface area contributed by atoms with Gasteiger partial charge in [-0.15, -0.1) is 0 Å². The number of carbonyl (C=O) groups excluding carboxylic acids is 1. The number of carbonyl (C=O) groups is 1. The number of morpholine rings is 1. The average molecular weight is 386 g/mol. The summed E-state index contributed by atoms with van der Waals surface area (Å²) in [7, 11) is 0. The van der Waals surface area contributed by atoms with Crippen LogP contribution in [0.1, 0.15) is 11.1 Å². The van der Waals surface area contributed by atoms with Crippen LogP contribution in [0.15, 0.2) is 60.9 Å². The molecule has 2 aromatic carbocycles. The molecule has 2 aliphatic rings. The molecule has 3 heterocycles. The Labute approximate surface area is 169 Å². The first kappa shape index (κ1) is 17.8. The van der Waals surface area contributed by atoms with Crippen molar-refractivity contribution in [2.24, 2.45) is 0 Å². The normalized spacial score (nSPS) is 18.1. The highest BCUT2D eigenvalue weighted by molar-refractivity contribution is 6.34. The Kier molecular flexibility index (Phi) is 4.71. The van der Waals surface area contributed by atoms with Crippen molar-refractivity contribution in [1.29, 1.82) is 0 Å². The van der Waals surface area contributed by atoms with Crippen LogP contribution < -0.4 is 10.6 Å². The van der Waals surface area contributed by atoms with Gasteiger partial charge in [-0.25, -0.2) is 0 Å². The number of nitrogens with one attached hydrogen (secondary N) is 2. The predicted octanol–water partition coefficient (Wildman–Crippen LogP) is 3.47. The zero-order chi connectivity index (χ0) is 19.6. The molecule has 146 valence electrons. The first-order valence-corrected chi connectivity index (χ1v) is 9.83. The fourth-order valence-corrected chi connectivity index (χ4v) is 3.87. The molecule has 0 spiro atoms.